The fourth-order valence-electron chi connectivity index (χ4n) is 7.01. The lowest BCUT2D eigenvalue weighted by atomic mass is 10.0. The number of nitrogens with zero attached hydrogens (tertiary/aromatic N) is 5. The first-order chi connectivity index (χ1) is 26.5. The van der Waals surface area contributed by atoms with Crippen molar-refractivity contribution in [3.8, 4) is 5.75 Å². The molecule has 3 aliphatic rings. The maximum absolute atomic E-state index is 13.2. The topological polar surface area (TPSA) is 168 Å². The van der Waals surface area contributed by atoms with Crippen LogP contribution in [0, 0.1) is 0 Å². The minimum absolute atomic E-state index is 0.189. The van der Waals surface area contributed by atoms with Crippen LogP contribution in [-0.4, -0.2) is 91.0 Å². The van der Waals surface area contributed by atoms with Crippen molar-refractivity contribution >= 4 is 87.0 Å². The van der Waals surface area contributed by atoms with Crippen LogP contribution < -0.4 is 30.9 Å². The van der Waals surface area contributed by atoms with Crippen molar-refractivity contribution in [2.45, 2.75) is 32.0 Å². The molecule has 0 saturated carbocycles. The average molecular weight is 854 g/mol. The number of ether oxygens (including phenoxy) is 1. The molecular formula is C37H39BrClN8O7P. The van der Waals surface area contributed by atoms with Gasteiger partial charge in [0, 0.05) is 81.7 Å². The molecule has 3 N–H and O–H groups in total. The van der Waals surface area contributed by atoms with E-state index in [2.05, 4.69) is 51.6 Å². The van der Waals surface area contributed by atoms with Gasteiger partial charge in [-0.05, 0) is 47.9 Å². The molecule has 288 valence electrons. The minimum atomic E-state index is -3.57. The average Bonchev–Trinajstić information content (AvgIpc) is 3.53. The van der Waals surface area contributed by atoms with E-state index in [-0.39, 0.29) is 35.0 Å². The number of aromatic nitrogens is 2. The Morgan fingerprint density at radius 3 is 2.47 bits per heavy atom. The van der Waals surface area contributed by atoms with E-state index in [9.17, 15) is 18.9 Å². The zero-order valence-electron chi connectivity index (χ0n) is 30.3. The number of nitrogens with one attached hydrogen (secondary N) is 3. The zero-order chi connectivity index (χ0) is 38.9. The number of amides is 3. The molecule has 3 amide bonds. The van der Waals surface area contributed by atoms with Crippen LogP contribution in [0.5, 0.6) is 5.75 Å². The molecule has 1 aromatic heterocycles. The van der Waals surface area contributed by atoms with Gasteiger partial charge < -0.3 is 34.2 Å². The summed E-state index contributed by atoms with van der Waals surface area (Å²) in [5.41, 5.74) is 4.63. The van der Waals surface area contributed by atoms with Gasteiger partial charge in [0.2, 0.25) is 17.8 Å². The second-order valence-electron chi connectivity index (χ2n) is 13.1. The number of benzene rings is 3. The Bertz CT molecular complexity index is 2200. The number of fused-ring (bicyclic) bond motifs is 1. The normalized spacial score (nSPS) is 17.6. The summed E-state index contributed by atoms with van der Waals surface area (Å²) in [5.74, 6) is 0.232. The van der Waals surface area contributed by atoms with Gasteiger partial charge >= 0.3 is 7.60 Å². The molecule has 1 unspecified atom stereocenters. The summed E-state index contributed by atoms with van der Waals surface area (Å²) in [7, 11) is 0.676. The quantitative estimate of drug-likeness (QED) is 0.120. The molecule has 2 fully saturated rings. The molecule has 0 radical (unpaired) electrons. The van der Waals surface area contributed by atoms with Gasteiger partial charge in [-0.25, -0.2) is 4.98 Å². The molecule has 0 bridgehead atoms. The molecule has 4 aromatic rings. The predicted molar refractivity (Wildman–Crippen MR) is 212 cm³/mol. The number of piperazine rings is 1. The Hall–Kier alpha value is -4.57. The molecule has 0 spiro atoms. The van der Waals surface area contributed by atoms with Gasteiger partial charge in [0.25, 0.3) is 5.91 Å². The Labute approximate surface area is 331 Å². The number of hydrogen-bond acceptors (Lipinski definition) is 13. The molecule has 1 atom stereocenters. The van der Waals surface area contributed by atoms with Crippen LogP contribution >= 0.6 is 35.1 Å². The van der Waals surface area contributed by atoms with E-state index in [1.54, 1.807) is 36.3 Å². The number of halogens is 2. The highest BCUT2D eigenvalue weighted by Gasteiger charge is 2.40. The molecular weight excluding hydrogens is 815 g/mol. The van der Waals surface area contributed by atoms with E-state index in [1.165, 1.54) is 20.4 Å². The first-order valence-corrected chi connectivity index (χ1v) is 20.2. The summed E-state index contributed by atoms with van der Waals surface area (Å²) in [4.78, 5) is 52.5. The Morgan fingerprint density at radius 2 is 1.75 bits per heavy atom. The van der Waals surface area contributed by atoms with Crippen molar-refractivity contribution in [1.82, 2.24) is 25.1 Å². The molecule has 55 heavy (non-hydrogen) atoms. The second-order valence-corrected chi connectivity index (χ2v) is 16.5. The minimum Gasteiger partial charge on any atom is -0.494 e. The highest BCUT2D eigenvalue weighted by atomic mass is 79.9. The highest BCUT2D eigenvalue weighted by Crippen LogP contribution is 2.47. The zero-order valence-corrected chi connectivity index (χ0v) is 33.5. The summed E-state index contributed by atoms with van der Waals surface area (Å²) in [5, 5.41) is 9.30. The lowest BCUT2D eigenvalue weighted by molar-refractivity contribution is -0.136. The van der Waals surface area contributed by atoms with Crippen molar-refractivity contribution in [3.63, 3.8) is 0 Å². The van der Waals surface area contributed by atoms with Crippen LogP contribution in [0.4, 0.5) is 28.8 Å². The van der Waals surface area contributed by atoms with Crippen LogP contribution in [0.25, 0.3) is 0 Å². The highest BCUT2D eigenvalue weighted by molar-refractivity contribution is 9.10. The van der Waals surface area contributed by atoms with Gasteiger partial charge in [-0.2, -0.15) is 4.98 Å². The Morgan fingerprint density at radius 1 is 0.982 bits per heavy atom. The maximum Gasteiger partial charge on any atom is 0.362 e. The predicted octanol–water partition coefficient (Wildman–Crippen LogP) is 5.58. The largest absolute Gasteiger partial charge is 0.494 e. The number of imide groups is 1. The summed E-state index contributed by atoms with van der Waals surface area (Å²) in [6.45, 7) is 4.22. The van der Waals surface area contributed by atoms with Gasteiger partial charge in [-0.1, -0.05) is 45.7 Å². The van der Waals surface area contributed by atoms with Crippen molar-refractivity contribution in [2.24, 2.45) is 0 Å². The number of carbonyl (C=O) groups is 3. The van der Waals surface area contributed by atoms with Gasteiger partial charge in [-0.3, -0.25) is 29.2 Å². The SMILES string of the molecule is COc1cc(N2CCN(Cc3ccc4c(c3Br)CN(C3CCC(=O)NC3=O)C4=O)CC2)ccc1Nc1ncc(Cl)c(Nc2ccccc2P(=O)(OC)OC)n1. The van der Waals surface area contributed by atoms with Gasteiger partial charge in [-0.15, -0.1) is 0 Å². The maximum atomic E-state index is 13.2. The molecule has 3 aliphatic heterocycles. The molecule has 0 aliphatic carbocycles. The standard InChI is InChI=1S/C37H39BrClN8O7P/c1-52-30-18-23(9-11-27(30)42-37-40-19-26(39)34(44-37)41-28-6-4-5-7-31(28)55(51,53-2)54-3)46-16-14-45(15-17-46)20-22-8-10-24-25(33(22)38)21-47(36(24)50)29-12-13-32(48)43-35(29)49/h4-11,18-19,29H,12-17,20-21H2,1-3H3,(H,43,48,49)(H2,40,41,42,44). The van der Waals surface area contributed by atoms with Crippen LogP contribution in [0.2, 0.25) is 5.02 Å². The monoisotopic (exact) mass is 852 g/mol. The van der Waals surface area contributed by atoms with Crippen molar-refractivity contribution < 1.29 is 32.7 Å². The van der Waals surface area contributed by atoms with Crippen molar-refractivity contribution in [1.29, 1.82) is 0 Å². The number of carbonyl (C=O) groups excluding carboxylic acids is 3. The summed E-state index contributed by atoms with van der Waals surface area (Å²) in [6.07, 6.45) is 2.01. The summed E-state index contributed by atoms with van der Waals surface area (Å²) in [6, 6.07) is 15.9. The smallest absolute Gasteiger partial charge is 0.362 e. The van der Waals surface area contributed by atoms with E-state index in [0.29, 0.717) is 47.5 Å². The van der Waals surface area contributed by atoms with E-state index < -0.39 is 19.5 Å². The third-order valence-corrected chi connectivity index (χ3v) is 13.2. The first kappa shape index (κ1) is 38.7. The number of piperidine rings is 1. The summed E-state index contributed by atoms with van der Waals surface area (Å²) >= 11 is 10.2. The molecule has 4 heterocycles. The lowest BCUT2D eigenvalue weighted by Gasteiger charge is -2.36. The fourth-order valence-corrected chi connectivity index (χ4v) is 8.98. The second kappa shape index (κ2) is 16.3. The first-order valence-electron chi connectivity index (χ1n) is 17.5. The van der Waals surface area contributed by atoms with Crippen LogP contribution in [0.15, 0.2) is 65.3 Å². The van der Waals surface area contributed by atoms with E-state index >= 15 is 0 Å². The molecule has 2 saturated heterocycles. The third kappa shape index (κ3) is 7.93. The van der Waals surface area contributed by atoms with Crippen molar-refractivity contribution in [3.05, 3.63) is 87.0 Å². The number of anilines is 5. The molecule has 15 nitrogen and oxygen atoms in total. The molecule has 3 aromatic carbocycles. The van der Waals surface area contributed by atoms with E-state index in [4.69, 9.17) is 25.4 Å². The van der Waals surface area contributed by atoms with Gasteiger partial charge in [0.1, 0.15) is 16.8 Å². The Kier molecular flexibility index (Phi) is 11.4. The summed E-state index contributed by atoms with van der Waals surface area (Å²) < 4.78 is 30.2. The van der Waals surface area contributed by atoms with Crippen molar-refractivity contribution in [2.75, 3.05) is 63.0 Å². The molecule has 7 rings (SSSR count). The van der Waals surface area contributed by atoms with Gasteiger partial charge in [0.15, 0.2) is 5.82 Å². The number of methoxy groups -OCH3 is 1. The number of para-hydroxylation sites is 1. The lowest BCUT2D eigenvalue weighted by Crippen LogP contribution is -2.52. The van der Waals surface area contributed by atoms with E-state index in [0.717, 1.165) is 47.5 Å². The number of hydrogen-bond donors (Lipinski definition) is 3. The van der Waals surface area contributed by atoms with Gasteiger partial charge in [0.05, 0.1) is 30.0 Å². The van der Waals surface area contributed by atoms with Crippen LogP contribution in [0.1, 0.15) is 34.3 Å². The van der Waals surface area contributed by atoms with Crippen LogP contribution in [0.3, 0.4) is 0 Å². The molecule has 18 heteroatoms. The fraction of sp³-hybridized carbons (Fsp3) is 0.324. The Balaban J connectivity index is 0.985. The van der Waals surface area contributed by atoms with Crippen LogP contribution in [-0.2, 0) is 36.3 Å². The van der Waals surface area contributed by atoms with E-state index in [1.807, 2.05) is 30.3 Å². The number of rotatable bonds is 12. The third-order valence-electron chi connectivity index (χ3n) is 9.97.